The molecule has 9 nitrogen and oxygen atoms in total. The molecular weight excluding hydrogens is 338 g/mol. The van der Waals surface area contributed by atoms with Crippen molar-refractivity contribution in [2.45, 2.75) is 25.7 Å². The van der Waals surface area contributed by atoms with Gasteiger partial charge in [0.1, 0.15) is 5.82 Å². The Labute approximate surface area is 153 Å². The Morgan fingerprint density at radius 3 is 2.62 bits per heavy atom. The highest BCUT2D eigenvalue weighted by atomic mass is 16.9. The summed E-state index contributed by atoms with van der Waals surface area (Å²) in [5, 5.41) is 12.1. The van der Waals surface area contributed by atoms with Gasteiger partial charge in [0.05, 0.1) is 12.2 Å². The van der Waals surface area contributed by atoms with E-state index in [9.17, 15) is 14.9 Å². The molecule has 1 amide bonds. The third-order valence-electron chi connectivity index (χ3n) is 4.39. The van der Waals surface area contributed by atoms with Crippen molar-refractivity contribution in [2.24, 2.45) is 0 Å². The molecule has 1 aliphatic rings. The maximum atomic E-state index is 12.1. The summed E-state index contributed by atoms with van der Waals surface area (Å²) < 4.78 is 0. The number of likely N-dealkylation sites (N-methyl/N-ethyl adjacent to an activating group) is 1. The first kappa shape index (κ1) is 19.9. The predicted molar refractivity (Wildman–Crippen MR) is 97.7 cm³/mol. The SMILES string of the molecule is CN1CCN(c2ccc(C(=O)NCCCCCCO[N+](=O)[O-])cn2)CC1. The number of nitrogens with zero attached hydrogens (tertiary/aromatic N) is 4. The van der Waals surface area contributed by atoms with Crippen molar-refractivity contribution in [3.63, 3.8) is 0 Å². The van der Waals surface area contributed by atoms with Gasteiger partial charge in [0.15, 0.2) is 0 Å². The molecule has 144 valence electrons. The van der Waals surface area contributed by atoms with Crippen molar-refractivity contribution in [1.29, 1.82) is 0 Å². The second-order valence-electron chi connectivity index (χ2n) is 6.42. The third-order valence-corrected chi connectivity index (χ3v) is 4.39. The van der Waals surface area contributed by atoms with Gasteiger partial charge in [-0.25, -0.2) is 4.98 Å². The molecule has 0 bridgehead atoms. The zero-order valence-corrected chi connectivity index (χ0v) is 15.2. The van der Waals surface area contributed by atoms with Crippen LogP contribution in [0.3, 0.4) is 0 Å². The van der Waals surface area contributed by atoms with Crippen molar-refractivity contribution in [2.75, 3.05) is 51.3 Å². The number of unbranched alkanes of at least 4 members (excludes halogenated alkanes) is 3. The highest BCUT2D eigenvalue weighted by molar-refractivity contribution is 5.94. The minimum atomic E-state index is -0.775. The first-order chi connectivity index (χ1) is 12.6. The van der Waals surface area contributed by atoms with Crippen molar-refractivity contribution in [1.82, 2.24) is 15.2 Å². The second kappa shape index (κ2) is 10.5. The van der Waals surface area contributed by atoms with Gasteiger partial charge in [-0.3, -0.25) is 4.79 Å². The molecule has 26 heavy (non-hydrogen) atoms. The third kappa shape index (κ3) is 6.83. The smallest absolute Gasteiger partial charge is 0.294 e. The average molecular weight is 365 g/mol. The summed E-state index contributed by atoms with van der Waals surface area (Å²) in [6, 6.07) is 3.71. The minimum absolute atomic E-state index is 0.126. The van der Waals surface area contributed by atoms with E-state index in [1.807, 2.05) is 12.1 Å². The average Bonchev–Trinajstić information content (AvgIpc) is 2.64. The van der Waals surface area contributed by atoms with Crippen LogP contribution in [0.25, 0.3) is 0 Å². The Morgan fingerprint density at radius 2 is 1.96 bits per heavy atom. The van der Waals surface area contributed by atoms with E-state index in [1.165, 1.54) is 0 Å². The highest BCUT2D eigenvalue weighted by Gasteiger charge is 2.15. The van der Waals surface area contributed by atoms with Gasteiger partial charge in [-0.15, -0.1) is 10.1 Å². The molecule has 1 saturated heterocycles. The second-order valence-corrected chi connectivity index (χ2v) is 6.42. The minimum Gasteiger partial charge on any atom is -0.354 e. The maximum absolute atomic E-state index is 12.1. The molecule has 1 N–H and O–H groups in total. The van der Waals surface area contributed by atoms with Crippen LogP contribution < -0.4 is 10.2 Å². The molecule has 0 unspecified atom stereocenters. The van der Waals surface area contributed by atoms with Crippen LogP contribution >= 0.6 is 0 Å². The number of aromatic nitrogens is 1. The van der Waals surface area contributed by atoms with E-state index in [0.29, 0.717) is 18.5 Å². The van der Waals surface area contributed by atoms with Crippen LogP contribution in [0.1, 0.15) is 36.0 Å². The fourth-order valence-electron chi connectivity index (χ4n) is 2.77. The molecule has 1 aliphatic heterocycles. The van der Waals surface area contributed by atoms with E-state index in [2.05, 4.69) is 32.0 Å². The number of carbonyl (C=O) groups excluding carboxylic acids is 1. The number of nitrogens with one attached hydrogen (secondary N) is 1. The molecule has 2 rings (SSSR count). The quantitative estimate of drug-likeness (QED) is 0.379. The van der Waals surface area contributed by atoms with Crippen molar-refractivity contribution in [3.8, 4) is 0 Å². The first-order valence-corrected chi connectivity index (χ1v) is 9.01. The fourth-order valence-corrected chi connectivity index (χ4v) is 2.77. The maximum Gasteiger partial charge on any atom is 0.294 e. The highest BCUT2D eigenvalue weighted by Crippen LogP contribution is 2.13. The van der Waals surface area contributed by atoms with E-state index >= 15 is 0 Å². The topological polar surface area (TPSA) is 101 Å². The standard InChI is InChI=1S/C17H27N5O4/c1-20-9-11-21(12-10-20)16-7-6-15(14-19-16)17(23)18-8-4-2-3-5-13-26-22(24)25/h6-7,14H,2-5,8-13H2,1H3,(H,18,23). The van der Waals surface area contributed by atoms with Crippen LogP contribution in [-0.4, -0.2) is 67.3 Å². The molecule has 0 aromatic carbocycles. The normalized spacial score (nSPS) is 14.9. The monoisotopic (exact) mass is 365 g/mol. The number of carbonyl (C=O) groups is 1. The Balaban J connectivity index is 1.62. The zero-order chi connectivity index (χ0) is 18.8. The number of hydrogen-bond donors (Lipinski definition) is 1. The molecule has 0 saturated carbocycles. The number of pyridine rings is 1. The molecule has 9 heteroatoms. The van der Waals surface area contributed by atoms with Crippen molar-refractivity contribution < 1.29 is 14.7 Å². The molecule has 2 heterocycles. The van der Waals surface area contributed by atoms with Crippen molar-refractivity contribution in [3.05, 3.63) is 34.0 Å². The van der Waals surface area contributed by atoms with Gasteiger partial charge in [0.2, 0.25) is 0 Å². The van der Waals surface area contributed by atoms with E-state index in [1.54, 1.807) is 6.20 Å². The van der Waals surface area contributed by atoms with Crippen LogP contribution in [-0.2, 0) is 4.84 Å². The van der Waals surface area contributed by atoms with Gasteiger partial charge in [0, 0.05) is 38.9 Å². The summed E-state index contributed by atoms with van der Waals surface area (Å²) in [5.41, 5.74) is 0.558. The summed E-state index contributed by atoms with van der Waals surface area (Å²) in [4.78, 5) is 35.3. The van der Waals surface area contributed by atoms with Gasteiger partial charge in [-0.05, 0) is 32.0 Å². The van der Waals surface area contributed by atoms with Gasteiger partial charge >= 0.3 is 0 Å². The molecule has 1 aromatic rings. The van der Waals surface area contributed by atoms with Gasteiger partial charge in [0.25, 0.3) is 11.0 Å². The number of anilines is 1. The lowest BCUT2D eigenvalue weighted by molar-refractivity contribution is -0.757. The van der Waals surface area contributed by atoms with Crippen molar-refractivity contribution >= 4 is 11.7 Å². The molecule has 1 aromatic heterocycles. The van der Waals surface area contributed by atoms with E-state index in [4.69, 9.17) is 0 Å². The molecule has 0 aliphatic carbocycles. The largest absolute Gasteiger partial charge is 0.354 e. The zero-order valence-electron chi connectivity index (χ0n) is 15.2. The number of rotatable bonds is 10. The lowest BCUT2D eigenvalue weighted by atomic mass is 10.2. The summed E-state index contributed by atoms with van der Waals surface area (Å²) in [7, 11) is 2.11. The molecule has 0 radical (unpaired) electrons. The van der Waals surface area contributed by atoms with Crippen LogP contribution in [0.5, 0.6) is 0 Å². The Bertz CT molecular complexity index is 573. The number of piperazine rings is 1. The lowest BCUT2D eigenvalue weighted by Crippen LogP contribution is -2.44. The summed E-state index contributed by atoms with van der Waals surface area (Å²) >= 11 is 0. The number of amides is 1. The Hall–Kier alpha value is -2.42. The lowest BCUT2D eigenvalue weighted by Gasteiger charge is -2.33. The summed E-state index contributed by atoms with van der Waals surface area (Å²) in [6.07, 6.45) is 4.83. The molecular formula is C17H27N5O4. The van der Waals surface area contributed by atoms with Crippen LogP contribution in [0, 0.1) is 10.1 Å². The van der Waals surface area contributed by atoms with E-state index in [-0.39, 0.29) is 12.5 Å². The number of hydrogen-bond acceptors (Lipinski definition) is 7. The molecule has 0 spiro atoms. The summed E-state index contributed by atoms with van der Waals surface area (Å²) in [6.45, 7) is 4.63. The van der Waals surface area contributed by atoms with E-state index < -0.39 is 5.09 Å². The summed E-state index contributed by atoms with van der Waals surface area (Å²) in [5.74, 6) is 0.783. The molecule has 1 fully saturated rings. The van der Waals surface area contributed by atoms with Gasteiger partial charge in [-0.2, -0.15) is 0 Å². The molecule has 0 atom stereocenters. The Kier molecular flexibility index (Phi) is 8.07. The first-order valence-electron chi connectivity index (χ1n) is 9.01. The van der Waals surface area contributed by atoms with Crippen LogP contribution in [0.2, 0.25) is 0 Å². The van der Waals surface area contributed by atoms with E-state index in [0.717, 1.165) is 51.3 Å². The Morgan fingerprint density at radius 1 is 1.23 bits per heavy atom. The predicted octanol–water partition coefficient (Wildman–Crippen LogP) is 1.33. The van der Waals surface area contributed by atoms with Crippen LogP contribution in [0.4, 0.5) is 5.82 Å². The fraction of sp³-hybridized carbons (Fsp3) is 0.647. The van der Waals surface area contributed by atoms with Gasteiger partial charge < -0.3 is 20.0 Å². The van der Waals surface area contributed by atoms with Crippen LogP contribution in [0.15, 0.2) is 18.3 Å². The van der Waals surface area contributed by atoms with Gasteiger partial charge in [-0.1, -0.05) is 12.8 Å².